The summed E-state index contributed by atoms with van der Waals surface area (Å²) in [6.07, 6.45) is 5.06. The quantitative estimate of drug-likeness (QED) is 0.607. The van der Waals surface area contributed by atoms with E-state index in [0.717, 1.165) is 5.76 Å². The van der Waals surface area contributed by atoms with Crippen LogP contribution in [0.4, 0.5) is 0 Å². The largest absolute Gasteiger partial charge is 0.467 e. The molecule has 1 spiro atoms. The second-order valence-corrected chi connectivity index (χ2v) is 7.20. The molecule has 2 bridgehead atoms. The molecule has 2 fully saturated rings. The third-order valence-electron chi connectivity index (χ3n) is 4.94. The Hall–Kier alpha value is -2.08. The van der Waals surface area contributed by atoms with Gasteiger partial charge in [0.25, 0.3) is 0 Å². The first-order valence-corrected chi connectivity index (χ1v) is 8.35. The molecule has 0 unspecified atom stereocenters. The minimum absolute atomic E-state index is 0.0650. The molecule has 128 valence electrons. The van der Waals surface area contributed by atoms with E-state index in [1.165, 1.54) is 0 Å². The van der Waals surface area contributed by atoms with Crippen molar-refractivity contribution >= 4 is 11.9 Å². The Bertz CT molecular complexity index is 680. The fourth-order valence-corrected chi connectivity index (χ4v) is 3.92. The number of carbonyl (C=O) groups is 2. The van der Waals surface area contributed by atoms with E-state index in [2.05, 4.69) is 0 Å². The average Bonchev–Trinajstić information content (AvgIpc) is 3.28. The molecular weight excluding hydrogens is 310 g/mol. The van der Waals surface area contributed by atoms with Crippen LogP contribution in [0, 0.1) is 17.8 Å². The molecule has 24 heavy (non-hydrogen) atoms. The zero-order chi connectivity index (χ0) is 16.9. The van der Waals surface area contributed by atoms with Gasteiger partial charge in [-0.15, -0.1) is 0 Å². The summed E-state index contributed by atoms with van der Waals surface area (Å²) in [6, 6.07) is 3.63. The highest BCUT2D eigenvalue weighted by molar-refractivity contribution is 5.91. The van der Waals surface area contributed by atoms with Crippen LogP contribution in [-0.4, -0.2) is 41.6 Å². The number of furan rings is 1. The van der Waals surface area contributed by atoms with Gasteiger partial charge >= 0.3 is 5.97 Å². The molecule has 6 nitrogen and oxygen atoms in total. The molecule has 1 aromatic heterocycles. The second kappa shape index (κ2) is 5.48. The van der Waals surface area contributed by atoms with Crippen LogP contribution >= 0.6 is 0 Å². The Kier molecular flexibility index (Phi) is 3.53. The molecule has 3 aliphatic heterocycles. The number of carbonyl (C=O) groups excluding carboxylic acids is 2. The van der Waals surface area contributed by atoms with Crippen LogP contribution in [0.1, 0.15) is 19.6 Å². The van der Waals surface area contributed by atoms with Crippen LogP contribution in [0.3, 0.4) is 0 Å². The monoisotopic (exact) mass is 331 g/mol. The van der Waals surface area contributed by atoms with Crippen molar-refractivity contribution in [1.29, 1.82) is 0 Å². The van der Waals surface area contributed by atoms with Crippen LogP contribution in [0.25, 0.3) is 0 Å². The van der Waals surface area contributed by atoms with Crippen molar-refractivity contribution in [3.05, 3.63) is 36.3 Å². The molecule has 4 atom stereocenters. The Labute approximate surface area is 140 Å². The summed E-state index contributed by atoms with van der Waals surface area (Å²) < 4.78 is 16.8. The van der Waals surface area contributed by atoms with Gasteiger partial charge in [-0.2, -0.15) is 0 Å². The molecule has 0 saturated carbocycles. The SMILES string of the molecule is CC(C)COC(=O)[C@@H]1[C@@H]2C=C[C@]3(CN(Cc4ccco4)C(=O)[C@H]13)O2. The Morgan fingerprint density at radius 3 is 3.04 bits per heavy atom. The molecule has 6 heteroatoms. The van der Waals surface area contributed by atoms with Crippen molar-refractivity contribution < 1.29 is 23.5 Å². The number of amides is 1. The molecule has 1 amide bonds. The first-order valence-electron chi connectivity index (χ1n) is 8.35. The van der Waals surface area contributed by atoms with Gasteiger partial charge in [-0.3, -0.25) is 9.59 Å². The lowest BCUT2D eigenvalue weighted by atomic mass is 9.77. The van der Waals surface area contributed by atoms with Gasteiger partial charge in [-0.25, -0.2) is 0 Å². The predicted octanol–water partition coefficient (Wildman–Crippen LogP) is 1.76. The summed E-state index contributed by atoms with van der Waals surface area (Å²) in [5.74, 6) is -0.474. The third kappa shape index (κ3) is 2.28. The average molecular weight is 331 g/mol. The molecule has 0 N–H and O–H groups in total. The van der Waals surface area contributed by atoms with E-state index < -0.39 is 17.4 Å². The summed E-state index contributed by atoms with van der Waals surface area (Å²) in [6.45, 7) is 5.16. The van der Waals surface area contributed by atoms with E-state index in [9.17, 15) is 9.59 Å². The molecule has 0 aliphatic carbocycles. The van der Waals surface area contributed by atoms with Gasteiger partial charge in [-0.05, 0) is 18.1 Å². The van der Waals surface area contributed by atoms with E-state index in [4.69, 9.17) is 13.9 Å². The lowest BCUT2D eigenvalue weighted by Crippen LogP contribution is -2.40. The number of esters is 1. The van der Waals surface area contributed by atoms with Gasteiger partial charge in [0.05, 0.1) is 38.0 Å². The van der Waals surface area contributed by atoms with Gasteiger partial charge in [0.2, 0.25) is 5.91 Å². The number of likely N-dealkylation sites (tertiary alicyclic amines) is 1. The molecule has 3 aliphatic rings. The molecule has 4 rings (SSSR count). The van der Waals surface area contributed by atoms with E-state index >= 15 is 0 Å². The van der Waals surface area contributed by atoms with Gasteiger partial charge in [0, 0.05) is 0 Å². The first kappa shape index (κ1) is 15.4. The molecule has 4 heterocycles. The fraction of sp³-hybridized carbons (Fsp3) is 0.556. The standard InChI is InChI=1S/C18H21NO5/c1-11(2)9-23-17(21)14-13-5-6-18(24-13)10-19(16(20)15(14)18)8-12-4-3-7-22-12/h3-7,11,13-15H,8-10H2,1-2H3/t13-,14+,15-,18+/m0/s1. The van der Waals surface area contributed by atoms with E-state index in [1.807, 2.05) is 32.1 Å². The Morgan fingerprint density at radius 1 is 1.50 bits per heavy atom. The molecule has 0 radical (unpaired) electrons. The summed E-state index contributed by atoms with van der Waals surface area (Å²) in [5.41, 5.74) is -0.699. The van der Waals surface area contributed by atoms with Gasteiger partial charge in [0.1, 0.15) is 17.3 Å². The minimum Gasteiger partial charge on any atom is -0.467 e. The third-order valence-corrected chi connectivity index (χ3v) is 4.94. The fourth-order valence-electron chi connectivity index (χ4n) is 3.92. The lowest BCUT2D eigenvalue weighted by molar-refractivity contribution is -0.154. The summed E-state index contributed by atoms with van der Waals surface area (Å²) in [7, 11) is 0. The van der Waals surface area contributed by atoms with Crippen molar-refractivity contribution in [1.82, 2.24) is 4.90 Å². The van der Waals surface area contributed by atoms with Crippen molar-refractivity contribution in [3.8, 4) is 0 Å². The predicted molar refractivity (Wildman–Crippen MR) is 83.6 cm³/mol. The van der Waals surface area contributed by atoms with E-state index in [1.54, 1.807) is 17.2 Å². The summed E-state index contributed by atoms with van der Waals surface area (Å²) in [4.78, 5) is 27.1. The molecular formula is C18H21NO5. The zero-order valence-corrected chi connectivity index (χ0v) is 13.8. The summed E-state index contributed by atoms with van der Waals surface area (Å²) >= 11 is 0. The molecule has 0 aromatic carbocycles. The van der Waals surface area contributed by atoms with Crippen molar-refractivity contribution in [2.45, 2.75) is 32.1 Å². The molecule has 1 aromatic rings. The smallest absolute Gasteiger partial charge is 0.312 e. The maximum absolute atomic E-state index is 12.9. The topological polar surface area (TPSA) is 69.0 Å². The normalized spacial score (nSPS) is 33.5. The van der Waals surface area contributed by atoms with Gasteiger partial charge in [-0.1, -0.05) is 26.0 Å². The Morgan fingerprint density at radius 2 is 2.33 bits per heavy atom. The van der Waals surface area contributed by atoms with Crippen LogP contribution in [0.15, 0.2) is 35.0 Å². The highest BCUT2D eigenvalue weighted by Crippen LogP contribution is 2.52. The van der Waals surface area contributed by atoms with Gasteiger partial charge < -0.3 is 18.8 Å². The number of ether oxygens (including phenoxy) is 2. The maximum atomic E-state index is 12.9. The van der Waals surface area contributed by atoms with Crippen LogP contribution in [0.5, 0.6) is 0 Å². The number of fused-ring (bicyclic) bond motifs is 1. The number of hydrogen-bond donors (Lipinski definition) is 0. The highest BCUT2D eigenvalue weighted by Gasteiger charge is 2.67. The van der Waals surface area contributed by atoms with Crippen LogP contribution < -0.4 is 0 Å². The van der Waals surface area contributed by atoms with Crippen LogP contribution in [-0.2, 0) is 25.6 Å². The number of nitrogens with zero attached hydrogens (tertiary/aromatic N) is 1. The molecule has 2 saturated heterocycles. The summed E-state index contributed by atoms with van der Waals surface area (Å²) in [5, 5.41) is 0. The number of hydrogen-bond acceptors (Lipinski definition) is 5. The second-order valence-electron chi connectivity index (χ2n) is 7.20. The van der Waals surface area contributed by atoms with Gasteiger partial charge in [0.15, 0.2) is 0 Å². The van der Waals surface area contributed by atoms with Crippen molar-refractivity contribution in [2.75, 3.05) is 13.2 Å². The first-order chi connectivity index (χ1) is 11.5. The maximum Gasteiger partial charge on any atom is 0.312 e. The van der Waals surface area contributed by atoms with Crippen molar-refractivity contribution in [2.24, 2.45) is 17.8 Å². The zero-order valence-electron chi connectivity index (χ0n) is 13.8. The van der Waals surface area contributed by atoms with E-state index in [0.29, 0.717) is 19.7 Å². The minimum atomic E-state index is -0.699. The van der Waals surface area contributed by atoms with E-state index in [-0.39, 0.29) is 23.9 Å². The Balaban J connectivity index is 1.54. The number of rotatable bonds is 5. The van der Waals surface area contributed by atoms with Crippen molar-refractivity contribution in [3.63, 3.8) is 0 Å². The van der Waals surface area contributed by atoms with Crippen LogP contribution in [0.2, 0.25) is 0 Å². The highest BCUT2D eigenvalue weighted by atomic mass is 16.6. The lowest BCUT2D eigenvalue weighted by Gasteiger charge is -2.23.